The second-order valence-electron chi connectivity index (χ2n) is 6.50. The molecule has 31 heavy (non-hydrogen) atoms. The fraction of sp³-hybridized carbons (Fsp3) is 0.0909. The van der Waals surface area contributed by atoms with E-state index in [2.05, 4.69) is 58.3 Å². The van der Waals surface area contributed by atoms with E-state index in [4.69, 9.17) is 14.2 Å². The minimum atomic E-state index is -0.345. The van der Waals surface area contributed by atoms with Crippen LogP contribution < -0.4 is 19.6 Å². The maximum Gasteiger partial charge on any atom is 0.271 e. The van der Waals surface area contributed by atoms with Crippen LogP contribution in [0, 0.1) is 0 Å². The third-order valence-electron chi connectivity index (χ3n) is 4.33. The Bertz CT molecular complexity index is 1130. The SMILES string of the molecule is O=C(N/N=C\c1cc(Br)c(OCc2ccc(Br)cc2)c(Br)c1)c1ccc2c(c1)OCO2. The summed E-state index contributed by atoms with van der Waals surface area (Å²) < 4.78 is 19.0. The third kappa shape index (κ3) is 5.47. The summed E-state index contributed by atoms with van der Waals surface area (Å²) in [6.45, 7) is 0.592. The summed E-state index contributed by atoms with van der Waals surface area (Å²) in [5.41, 5.74) is 4.78. The molecule has 1 amide bonds. The first-order valence-electron chi connectivity index (χ1n) is 9.09. The molecule has 0 spiro atoms. The monoisotopic (exact) mass is 608 g/mol. The van der Waals surface area contributed by atoms with Gasteiger partial charge in [-0.05, 0) is 85.5 Å². The van der Waals surface area contributed by atoms with Gasteiger partial charge in [0.25, 0.3) is 5.91 Å². The van der Waals surface area contributed by atoms with E-state index in [0.717, 1.165) is 24.5 Å². The highest BCUT2D eigenvalue weighted by atomic mass is 79.9. The number of amides is 1. The number of halogens is 3. The van der Waals surface area contributed by atoms with Crippen molar-refractivity contribution in [3.8, 4) is 17.2 Å². The number of fused-ring (bicyclic) bond motifs is 1. The molecule has 1 aliphatic heterocycles. The van der Waals surface area contributed by atoms with Crippen LogP contribution in [0.5, 0.6) is 17.2 Å². The van der Waals surface area contributed by atoms with Crippen molar-refractivity contribution in [1.82, 2.24) is 5.43 Å². The minimum Gasteiger partial charge on any atom is -0.487 e. The van der Waals surface area contributed by atoms with Crippen LogP contribution in [-0.2, 0) is 6.61 Å². The number of hydrogen-bond donors (Lipinski definition) is 1. The van der Waals surface area contributed by atoms with E-state index >= 15 is 0 Å². The highest BCUT2D eigenvalue weighted by Gasteiger charge is 2.16. The number of hydrogen-bond acceptors (Lipinski definition) is 5. The van der Waals surface area contributed by atoms with Crippen LogP contribution in [0.4, 0.5) is 0 Å². The van der Waals surface area contributed by atoms with E-state index < -0.39 is 0 Å². The van der Waals surface area contributed by atoms with E-state index in [1.54, 1.807) is 24.4 Å². The maximum atomic E-state index is 12.3. The lowest BCUT2D eigenvalue weighted by Gasteiger charge is -2.11. The lowest BCUT2D eigenvalue weighted by molar-refractivity contribution is 0.0954. The van der Waals surface area contributed by atoms with Gasteiger partial charge in [0.15, 0.2) is 11.5 Å². The molecule has 0 aliphatic carbocycles. The molecule has 0 saturated carbocycles. The number of nitrogens with one attached hydrogen (secondary N) is 1. The Labute approximate surface area is 204 Å². The van der Waals surface area contributed by atoms with Gasteiger partial charge in [0, 0.05) is 10.0 Å². The lowest BCUT2D eigenvalue weighted by atomic mass is 10.2. The lowest BCUT2D eigenvalue weighted by Crippen LogP contribution is -2.17. The van der Waals surface area contributed by atoms with Crippen LogP contribution in [0.15, 0.2) is 73.1 Å². The van der Waals surface area contributed by atoms with Gasteiger partial charge in [0.2, 0.25) is 6.79 Å². The number of ether oxygens (including phenoxy) is 3. The minimum absolute atomic E-state index is 0.158. The van der Waals surface area contributed by atoms with Crippen LogP contribution in [0.1, 0.15) is 21.5 Å². The van der Waals surface area contributed by atoms with Gasteiger partial charge in [0.1, 0.15) is 12.4 Å². The van der Waals surface area contributed by atoms with Crippen molar-refractivity contribution < 1.29 is 19.0 Å². The number of carbonyl (C=O) groups is 1. The van der Waals surface area contributed by atoms with Crippen molar-refractivity contribution in [3.05, 3.63) is 84.7 Å². The first-order valence-corrected chi connectivity index (χ1v) is 11.5. The topological polar surface area (TPSA) is 69.2 Å². The van der Waals surface area contributed by atoms with Crippen molar-refractivity contribution in [2.45, 2.75) is 6.61 Å². The van der Waals surface area contributed by atoms with E-state index in [9.17, 15) is 4.79 Å². The Morgan fingerprint density at radius 2 is 1.71 bits per heavy atom. The van der Waals surface area contributed by atoms with Crippen molar-refractivity contribution >= 4 is 59.9 Å². The second-order valence-corrected chi connectivity index (χ2v) is 9.12. The Balaban J connectivity index is 1.38. The van der Waals surface area contributed by atoms with Crippen LogP contribution >= 0.6 is 47.8 Å². The zero-order chi connectivity index (χ0) is 21.8. The predicted molar refractivity (Wildman–Crippen MR) is 128 cm³/mol. The molecule has 0 saturated heterocycles. The van der Waals surface area contributed by atoms with Gasteiger partial charge in [0.05, 0.1) is 15.2 Å². The standard InChI is InChI=1S/C22H15Br3N2O4/c23-16-4-1-13(2-5-16)11-29-21-17(24)7-14(8-18(21)25)10-26-27-22(28)15-3-6-19-20(9-15)31-12-30-19/h1-10H,11-12H2,(H,27,28)/b26-10-. The molecule has 0 bridgehead atoms. The number of nitrogens with zero attached hydrogens (tertiary/aromatic N) is 1. The summed E-state index contributed by atoms with van der Waals surface area (Å²) in [4.78, 5) is 12.3. The molecule has 158 valence electrons. The van der Waals surface area contributed by atoms with Crippen LogP contribution in [-0.4, -0.2) is 18.9 Å². The molecular weight excluding hydrogens is 596 g/mol. The Kier molecular flexibility index (Phi) is 6.94. The molecule has 0 aromatic heterocycles. The summed E-state index contributed by atoms with van der Waals surface area (Å²) in [5.74, 6) is 1.51. The van der Waals surface area contributed by atoms with Crippen molar-refractivity contribution in [3.63, 3.8) is 0 Å². The van der Waals surface area contributed by atoms with Crippen molar-refractivity contribution in [1.29, 1.82) is 0 Å². The molecule has 6 nitrogen and oxygen atoms in total. The average Bonchev–Trinajstić information content (AvgIpc) is 3.22. The molecular formula is C22H15Br3N2O4. The predicted octanol–water partition coefficient (Wildman–Crippen LogP) is 6.05. The zero-order valence-electron chi connectivity index (χ0n) is 15.9. The summed E-state index contributed by atoms with van der Waals surface area (Å²) >= 11 is 10.5. The summed E-state index contributed by atoms with van der Waals surface area (Å²) in [6.07, 6.45) is 1.55. The highest BCUT2D eigenvalue weighted by molar-refractivity contribution is 9.11. The smallest absolute Gasteiger partial charge is 0.271 e. The summed E-state index contributed by atoms with van der Waals surface area (Å²) in [6, 6.07) is 16.6. The fourth-order valence-electron chi connectivity index (χ4n) is 2.80. The number of rotatable bonds is 6. The number of hydrazone groups is 1. The highest BCUT2D eigenvalue weighted by Crippen LogP contribution is 2.35. The summed E-state index contributed by atoms with van der Waals surface area (Å²) in [7, 11) is 0. The number of benzene rings is 3. The van der Waals surface area contributed by atoms with Crippen molar-refractivity contribution in [2.75, 3.05) is 6.79 Å². The van der Waals surface area contributed by atoms with Gasteiger partial charge in [-0.25, -0.2) is 5.43 Å². The number of carbonyl (C=O) groups excluding carboxylic acids is 1. The Hall–Kier alpha value is -2.36. The molecule has 9 heteroatoms. The average molecular weight is 611 g/mol. The van der Waals surface area contributed by atoms with E-state index in [0.29, 0.717) is 29.4 Å². The normalized spacial score (nSPS) is 12.2. The third-order valence-corrected chi connectivity index (χ3v) is 6.04. The molecule has 0 unspecified atom stereocenters. The molecule has 1 heterocycles. The first-order chi connectivity index (χ1) is 15.0. The van der Waals surface area contributed by atoms with Gasteiger partial charge in [-0.3, -0.25) is 4.79 Å². The van der Waals surface area contributed by atoms with Crippen LogP contribution in [0.2, 0.25) is 0 Å². The molecule has 4 rings (SSSR count). The second kappa shape index (κ2) is 9.84. The first kappa shape index (κ1) is 21.9. The van der Waals surface area contributed by atoms with Gasteiger partial charge >= 0.3 is 0 Å². The molecule has 0 radical (unpaired) electrons. The summed E-state index contributed by atoms with van der Waals surface area (Å²) in [5, 5.41) is 4.04. The van der Waals surface area contributed by atoms with Gasteiger partial charge in [-0.1, -0.05) is 28.1 Å². The van der Waals surface area contributed by atoms with Crippen LogP contribution in [0.25, 0.3) is 0 Å². The van der Waals surface area contributed by atoms with Crippen LogP contribution in [0.3, 0.4) is 0 Å². The van der Waals surface area contributed by atoms with E-state index in [1.165, 1.54) is 0 Å². The van der Waals surface area contributed by atoms with Gasteiger partial charge < -0.3 is 14.2 Å². The molecule has 3 aromatic rings. The molecule has 3 aromatic carbocycles. The fourth-order valence-corrected chi connectivity index (χ4v) is 4.51. The van der Waals surface area contributed by atoms with Gasteiger partial charge in [-0.2, -0.15) is 5.10 Å². The van der Waals surface area contributed by atoms with E-state index in [1.807, 2.05) is 36.4 Å². The quantitative estimate of drug-likeness (QED) is 0.273. The molecule has 0 fully saturated rings. The van der Waals surface area contributed by atoms with E-state index in [-0.39, 0.29) is 12.7 Å². The van der Waals surface area contributed by atoms with Crippen molar-refractivity contribution in [2.24, 2.45) is 5.10 Å². The molecule has 1 aliphatic rings. The van der Waals surface area contributed by atoms with Gasteiger partial charge in [-0.15, -0.1) is 0 Å². The molecule has 0 atom stereocenters. The Morgan fingerprint density at radius 1 is 1.00 bits per heavy atom. The Morgan fingerprint density at radius 3 is 2.45 bits per heavy atom. The molecule has 1 N–H and O–H groups in total. The largest absolute Gasteiger partial charge is 0.487 e. The zero-order valence-corrected chi connectivity index (χ0v) is 20.7. The maximum absolute atomic E-state index is 12.3.